The predicted octanol–water partition coefficient (Wildman–Crippen LogP) is 1.96. The molecule has 0 radical (unpaired) electrons. The monoisotopic (exact) mass is 292 g/mol. The second kappa shape index (κ2) is 6.61. The molecule has 0 aliphatic heterocycles. The van der Waals surface area contributed by atoms with E-state index in [0.717, 1.165) is 5.56 Å². The second-order valence-corrected chi connectivity index (χ2v) is 5.85. The number of hydrogen-bond acceptors (Lipinski definition) is 4. The van der Waals surface area contributed by atoms with E-state index < -0.39 is 11.4 Å². The average Bonchev–Trinajstić information content (AvgIpc) is 2.43. The minimum atomic E-state index is -0.744. The van der Waals surface area contributed by atoms with E-state index in [2.05, 4.69) is 4.74 Å². The van der Waals surface area contributed by atoms with Gasteiger partial charge in [-0.15, -0.1) is 0 Å². The van der Waals surface area contributed by atoms with Crippen LogP contribution in [0.4, 0.5) is 5.69 Å². The van der Waals surface area contributed by atoms with Gasteiger partial charge in [0.05, 0.1) is 12.5 Å². The van der Waals surface area contributed by atoms with Crippen molar-refractivity contribution in [2.45, 2.75) is 39.2 Å². The van der Waals surface area contributed by atoms with Crippen LogP contribution in [0.15, 0.2) is 24.3 Å². The third-order valence-corrected chi connectivity index (χ3v) is 3.58. The van der Waals surface area contributed by atoms with Crippen molar-refractivity contribution in [2.24, 2.45) is 0 Å². The van der Waals surface area contributed by atoms with Crippen LogP contribution in [0.25, 0.3) is 0 Å². The van der Waals surface area contributed by atoms with Gasteiger partial charge in [-0.2, -0.15) is 0 Å². The van der Waals surface area contributed by atoms with Crippen molar-refractivity contribution in [1.29, 1.82) is 0 Å². The first-order chi connectivity index (χ1) is 9.70. The van der Waals surface area contributed by atoms with Gasteiger partial charge in [-0.3, -0.25) is 9.59 Å². The van der Waals surface area contributed by atoms with Gasteiger partial charge in [0.1, 0.15) is 6.54 Å². The second-order valence-electron chi connectivity index (χ2n) is 5.85. The molecule has 0 saturated carbocycles. The molecule has 1 rings (SSSR count). The Hall–Kier alpha value is -2.04. The lowest BCUT2D eigenvalue weighted by Crippen LogP contribution is -2.49. The number of nitrogen functional groups attached to an aromatic ring is 1. The number of methoxy groups -OCH3 is 1. The molecule has 1 aromatic rings. The van der Waals surface area contributed by atoms with Crippen LogP contribution in [0.1, 0.15) is 33.3 Å². The first kappa shape index (κ1) is 17.0. The first-order valence-electron chi connectivity index (χ1n) is 6.94. The van der Waals surface area contributed by atoms with Crippen LogP contribution < -0.4 is 5.73 Å². The van der Waals surface area contributed by atoms with Gasteiger partial charge >= 0.3 is 5.97 Å². The number of anilines is 1. The number of ether oxygens (including phenoxy) is 1. The Morgan fingerprint density at radius 1 is 1.24 bits per heavy atom. The minimum absolute atomic E-state index is 0.0502. The molecule has 0 unspecified atom stereocenters. The summed E-state index contributed by atoms with van der Waals surface area (Å²) in [5.74, 6) is -0.544. The van der Waals surface area contributed by atoms with Crippen molar-refractivity contribution in [3.8, 4) is 0 Å². The Morgan fingerprint density at radius 2 is 1.76 bits per heavy atom. The molecule has 0 bridgehead atoms. The van der Waals surface area contributed by atoms with E-state index in [-0.39, 0.29) is 18.5 Å². The third kappa shape index (κ3) is 3.97. The molecule has 1 aromatic carbocycles. The summed E-state index contributed by atoms with van der Waals surface area (Å²) in [7, 11) is 1.32. The highest BCUT2D eigenvalue weighted by Crippen LogP contribution is 2.27. The number of esters is 1. The SMILES string of the molecule is COC(=O)CN(C(=O)C(C)(C)c1ccc(N)cc1)C(C)C. The number of nitrogens with two attached hydrogens (primary N) is 1. The van der Waals surface area contributed by atoms with Crippen LogP contribution in [-0.2, 0) is 19.7 Å². The van der Waals surface area contributed by atoms with Gasteiger partial charge in [0, 0.05) is 11.7 Å². The van der Waals surface area contributed by atoms with Gasteiger partial charge in [-0.25, -0.2) is 0 Å². The number of benzene rings is 1. The fourth-order valence-corrected chi connectivity index (χ4v) is 2.07. The highest BCUT2D eigenvalue weighted by atomic mass is 16.5. The number of carbonyl (C=O) groups is 2. The number of hydrogen-bond donors (Lipinski definition) is 1. The van der Waals surface area contributed by atoms with Crippen molar-refractivity contribution in [3.63, 3.8) is 0 Å². The Kier molecular flexibility index (Phi) is 5.35. The van der Waals surface area contributed by atoms with Gasteiger partial charge in [-0.05, 0) is 45.4 Å². The maximum absolute atomic E-state index is 12.8. The molecule has 0 heterocycles. The lowest BCUT2D eigenvalue weighted by Gasteiger charge is -2.34. The summed E-state index contributed by atoms with van der Waals surface area (Å²) in [6.45, 7) is 7.38. The molecule has 0 fully saturated rings. The van der Waals surface area contributed by atoms with Crippen LogP contribution >= 0.6 is 0 Å². The molecule has 0 spiro atoms. The summed E-state index contributed by atoms with van der Waals surface area (Å²) in [5.41, 5.74) is 6.45. The Labute approximate surface area is 126 Å². The zero-order valence-electron chi connectivity index (χ0n) is 13.3. The molecule has 0 saturated heterocycles. The average molecular weight is 292 g/mol. The van der Waals surface area contributed by atoms with E-state index in [9.17, 15) is 9.59 Å². The van der Waals surface area contributed by atoms with Crippen LogP contribution in [0.2, 0.25) is 0 Å². The number of carbonyl (C=O) groups excluding carboxylic acids is 2. The third-order valence-electron chi connectivity index (χ3n) is 3.58. The predicted molar refractivity (Wildman–Crippen MR) is 82.7 cm³/mol. The molecule has 0 aliphatic carbocycles. The summed E-state index contributed by atoms with van der Waals surface area (Å²) < 4.78 is 4.67. The van der Waals surface area contributed by atoms with Crippen LogP contribution in [0.5, 0.6) is 0 Å². The molecular weight excluding hydrogens is 268 g/mol. The summed E-state index contributed by atoms with van der Waals surface area (Å²) in [5, 5.41) is 0. The highest BCUT2D eigenvalue weighted by Gasteiger charge is 2.35. The number of amides is 1. The van der Waals surface area contributed by atoms with E-state index in [1.165, 1.54) is 12.0 Å². The van der Waals surface area contributed by atoms with E-state index in [1.807, 2.05) is 39.8 Å². The molecule has 1 amide bonds. The van der Waals surface area contributed by atoms with Crippen molar-refractivity contribution in [1.82, 2.24) is 4.90 Å². The number of rotatable bonds is 5. The lowest BCUT2D eigenvalue weighted by molar-refractivity contribution is -0.150. The van der Waals surface area contributed by atoms with Gasteiger partial charge in [0.15, 0.2) is 0 Å². The summed E-state index contributed by atoms with van der Waals surface area (Å²) in [6, 6.07) is 7.12. The van der Waals surface area contributed by atoms with E-state index in [4.69, 9.17) is 5.73 Å². The van der Waals surface area contributed by atoms with Crippen molar-refractivity contribution < 1.29 is 14.3 Å². The zero-order chi connectivity index (χ0) is 16.2. The molecule has 21 heavy (non-hydrogen) atoms. The maximum Gasteiger partial charge on any atom is 0.325 e. The van der Waals surface area contributed by atoms with Crippen molar-refractivity contribution in [2.75, 3.05) is 19.4 Å². The smallest absolute Gasteiger partial charge is 0.325 e. The van der Waals surface area contributed by atoms with E-state index >= 15 is 0 Å². The molecule has 5 nitrogen and oxygen atoms in total. The Bertz CT molecular complexity index is 507. The summed E-state index contributed by atoms with van der Waals surface area (Å²) in [6.07, 6.45) is 0. The minimum Gasteiger partial charge on any atom is -0.468 e. The summed E-state index contributed by atoms with van der Waals surface area (Å²) in [4.78, 5) is 25.9. The van der Waals surface area contributed by atoms with Gasteiger partial charge in [0.25, 0.3) is 0 Å². The van der Waals surface area contributed by atoms with Crippen LogP contribution in [0, 0.1) is 0 Å². The molecule has 2 N–H and O–H groups in total. The largest absolute Gasteiger partial charge is 0.468 e. The quantitative estimate of drug-likeness (QED) is 0.665. The van der Waals surface area contributed by atoms with Gasteiger partial charge in [0.2, 0.25) is 5.91 Å². The molecular formula is C16H24N2O3. The zero-order valence-corrected chi connectivity index (χ0v) is 13.3. The maximum atomic E-state index is 12.8. The topological polar surface area (TPSA) is 72.6 Å². The standard InChI is InChI=1S/C16H24N2O3/c1-11(2)18(10-14(19)21-5)15(20)16(3,4)12-6-8-13(17)9-7-12/h6-9,11H,10,17H2,1-5H3. The van der Waals surface area contributed by atoms with E-state index in [0.29, 0.717) is 5.69 Å². The molecule has 0 atom stereocenters. The first-order valence-corrected chi connectivity index (χ1v) is 6.94. The normalized spacial score (nSPS) is 11.3. The molecule has 5 heteroatoms. The van der Waals surface area contributed by atoms with Gasteiger partial charge in [-0.1, -0.05) is 12.1 Å². The number of nitrogens with zero attached hydrogens (tertiary/aromatic N) is 1. The molecule has 116 valence electrons. The lowest BCUT2D eigenvalue weighted by atomic mass is 9.82. The fraction of sp³-hybridized carbons (Fsp3) is 0.500. The summed E-state index contributed by atoms with van der Waals surface area (Å²) >= 11 is 0. The van der Waals surface area contributed by atoms with Crippen molar-refractivity contribution in [3.05, 3.63) is 29.8 Å². The molecule has 0 aliphatic rings. The van der Waals surface area contributed by atoms with Gasteiger partial charge < -0.3 is 15.4 Å². The molecule has 0 aromatic heterocycles. The van der Waals surface area contributed by atoms with Crippen molar-refractivity contribution >= 4 is 17.6 Å². The highest BCUT2D eigenvalue weighted by molar-refractivity contribution is 5.90. The van der Waals surface area contributed by atoms with Crippen LogP contribution in [0.3, 0.4) is 0 Å². The fourth-order valence-electron chi connectivity index (χ4n) is 2.07. The Morgan fingerprint density at radius 3 is 2.19 bits per heavy atom. The Balaban J connectivity index is 3.06. The van der Waals surface area contributed by atoms with Crippen LogP contribution in [-0.4, -0.2) is 36.5 Å². The van der Waals surface area contributed by atoms with E-state index in [1.54, 1.807) is 12.1 Å².